The average Bonchev–Trinajstić information content (AvgIpc) is 3.84. The number of likely N-dealkylation sites (tertiary alicyclic amines) is 1. The van der Waals surface area contributed by atoms with E-state index in [1.165, 1.54) is 31.3 Å². The lowest BCUT2D eigenvalue weighted by molar-refractivity contribution is -0.151. The number of piperazine rings is 1. The summed E-state index contributed by atoms with van der Waals surface area (Å²) in [7, 11) is 1.47. The molecule has 0 aromatic heterocycles. The number of phenolic OH excluding ortho intramolecular Hbond substituents is 2. The number of aliphatic hydroxyl groups is 2. The van der Waals surface area contributed by atoms with E-state index in [1.54, 1.807) is 64.7 Å². The van der Waals surface area contributed by atoms with Crippen molar-refractivity contribution in [2.24, 2.45) is 45.5 Å². The molecule has 0 unspecified atom stereocenters. The first-order valence-corrected chi connectivity index (χ1v) is 25.3. The van der Waals surface area contributed by atoms with Crippen molar-refractivity contribution in [3.05, 3.63) is 58.0 Å². The summed E-state index contributed by atoms with van der Waals surface area (Å²) in [5, 5.41) is 51.4. The average molecular weight is 1000 g/mol. The van der Waals surface area contributed by atoms with Crippen LogP contribution in [0.1, 0.15) is 84.2 Å². The number of phenols is 2. The van der Waals surface area contributed by atoms with Gasteiger partial charge >= 0.3 is 11.9 Å². The first-order chi connectivity index (χ1) is 34.1. The summed E-state index contributed by atoms with van der Waals surface area (Å²) >= 11 is 0. The minimum atomic E-state index is -2.00. The van der Waals surface area contributed by atoms with Crippen LogP contribution in [0, 0.1) is 42.4 Å². The fourth-order valence-electron chi connectivity index (χ4n) is 11.0. The van der Waals surface area contributed by atoms with Gasteiger partial charge in [0, 0.05) is 113 Å². The highest BCUT2D eigenvalue weighted by Gasteiger charge is 2.51. The van der Waals surface area contributed by atoms with E-state index in [-0.39, 0.29) is 74.6 Å². The van der Waals surface area contributed by atoms with Gasteiger partial charge in [0.2, 0.25) is 5.91 Å². The number of ketones is 1. The molecule has 3 amide bonds. The number of Topliss-reactive ketones (excluding diaryl/α,β-unsaturated/α-hetero) is 1. The topological polar surface area (TPSA) is 242 Å². The second-order valence-corrected chi connectivity index (χ2v) is 21.3. The molecule has 1 spiro atoms. The largest absolute Gasteiger partial charge is 0.507 e. The summed E-state index contributed by atoms with van der Waals surface area (Å²) < 4.78 is 30.1. The van der Waals surface area contributed by atoms with Gasteiger partial charge in [-0.15, -0.1) is 0 Å². The lowest BCUT2D eigenvalue weighted by atomic mass is 9.78. The fraction of sp³-hybridized carbons (Fsp3) is 0.623. The number of anilines is 1. The molecule has 9 rings (SSSR count). The molecule has 72 heavy (non-hydrogen) atoms. The molecule has 9 atom stereocenters. The highest BCUT2D eigenvalue weighted by atomic mass is 16.7. The number of rotatable bonds is 5. The fourth-order valence-corrected chi connectivity index (χ4v) is 11.0. The minimum Gasteiger partial charge on any atom is -0.507 e. The lowest BCUT2D eigenvalue weighted by Crippen LogP contribution is -2.55. The van der Waals surface area contributed by atoms with E-state index in [0.29, 0.717) is 63.8 Å². The number of nitrogens with one attached hydrogen (secondary N) is 1. The Kier molecular flexibility index (Phi) is 15.2. The number of allylic oxidation sites excluding steroid dienone is 2. The van der Waals surface area contributed by atoms with Crippen LogP contribution in [-0.4, -0.2) is 161 Å². The zero-order chi connectivity index (χ0) is 52.1. The maximum Gasteiger partial charge on any atom is 0.410 e. The van der Waals surface area contributed by atoms with Crippen molar-refractivity contribution in [3.63, 3.8) is 0 Å². The Morgan fingerprint density at radius 2 is 1.56 bits per heavy atom. The van der Waals surface area contributed by atoms with Gasteiger partial charge < -0.3 is 64.1 Å². The Morgan fingerprint density at radius 3 is 2.18 bits per heavy atom. The van der Waals surface area contributed by atoms with E-state index in [9.17, 15) is 39.6 Å². The van der Waals surface area contributed by atoms with E-state index in [1.807, 2.05) is 0 Å². The number of benzene rings is 2. The van der Waals surface area contributed by atoms with Crippen molar-refractivity contribution in [1.29, 1.82) is 0 Å². The van der Waals surface area contributed by atoms with E-state index < -0.39 is 83.1 Å². The van der Waals surface area contributed by atoms with Crippen LogP contribution in [0.15, 0.2) is 46.1 Å². The predicted octanol–water partition coefficient (Wildman–Crippen LogP) is 4.11. The molecule has 7 aliphatic heterocycles. The second-order valence-electron chi connectivity index (χ2n) is 21.3. The third-order valence-electron chi connectivity index (χ3n) is 15.7. The number of carbonyl (C=O) groups excluding carboxylic acids is 4. The molecule has 5 N–H and O–H groups in total. The Labute approximate surface area is 420 Å². The molecule has 3 fully saturated rings. The quantitative estimate of drug-likeness (QED) is 0.265. The van der Waals surface area contributed by atoms with Gasteiger partial charge in [0.05, 0.1) is 60.3 Å². The van der Waals surface area contributed by atoms with Gasteiger partial charge in [0.25, 0.3) is 11.7 Å². The molecule has 19 nitrogen and oxygen atoms in total. The molecule has 392 valence electrons. The van der Waals surface area contributed by atoms with Crippen molar-refractivity contribution in [3.8, 4) is 17.2 Å². The molecule has 0 radical (unpaired) electrons. The number of nitrogens with zero attached hydrogens (tertiary/aromatic N) is 5. The van der Waals surface area contributed by atoms with Crippen LogP contribution in [-0.2, 0) is 28.5 Å². The maximum absolute atomic E-state index is 15.0. The minimum absolute atomic E-state index is 0.00444. The molecule has 2 aromatic rings. The third kappa shape index (κ3) is 9.82. The van der Waals surface area contributed by atoms with Gasteiger partial charge in [-0.2, -0.15) is 0 Å². The number of aliphatic hydroxyl groups excluding tert-OH is 2. The lowest BCUT2D eigenvalue weighted by Gasteiger charge is -2.40. The highest BCUT2D eigenvalue weighted by molar-refractivity contribution is 6.21. The van der Waals surface area contributed by atoms with E-state index in [0.717, 1.165) is 6.54 Å². The second kappa shape index (κ2) is 20.7. The molecule has 7 aliphatic rings. The number of piperidine rings is 1. The first kappa shape index (κ1) is 52.7. The summed E-state index contributed by atoms with van der Waals surface area (Å²) in [4.78, 5) is 71.1. The van der Waals surface area contributed by atoms with E-state index in [2.05, 4.69) is 29.1 Å². The monoisotopic (exact) mass is 1000 g/mol. The number of aromatic hydroxyl groups is 2. The molecule has 3 saturated heterocycles. The van der Waals surface area contributed by atoms with Crippen molar-refractivity contribution in [2.45, 2.75) is 111 Å². The van der Waals surface area contributed by atoms with Crippen molar-refractivity contribution in [1.82, 2.24) is 14.7 Å². The Balaban J connectivity index is 1.18. The number of methoxy groups -OCH3 is 1. The molecule has 2 aromatic carbocycles. The van der Waals surface area contributed by atoms with E-state index in [4.69, 9.17) is 28.7 Å². The molecule has 5 bridgehead atoms. The van der Waals surface area contributed by atoms with Crippen LogP contribution in [0.25, 0.3) is 10.8 Å². The number of carbonyl (C=O) groups is 4. The molecule has 0 saturated carbocycles. The predicted molar refractivity (Wildman–Crippen MR) is 265 cm³/mol. The van der Waals surface area contributed by atoms with Crippen LogP contribution in [0.4, 0.5) is 10.5 Å². The number of ether oxygens (including phenoxy) is 5. The molecule has 0 aliphatic carbocycles. The van der Waals surface area contributed by atoms with Crippen molar-refractivity contribution >= 4 is 40.2 Å². The van der Waals surface area contributed by atoms with Crippen molar-refractivity contribution < 1.29 is 63.3 Å². The number of fused-ring (bicyclic) bond motifs is 13. The maximum atomic E-state index is 15.0. The number of hydrogen-bond acceptors (Lipinski definition) is 16. The summed E-state index contributed by atoms with van der Waals surface area (Å²) in [5.41, 5.74) is -0.205. The summed E-state index contributed by atoms with van der Waals surface area (Å²) in [6.45, 7) is 20.1. The van der Waals surface area contributed by atoms with Crippen LogP contribution in [0.5, 0.6) is 17.2 Å². The van der Waals surface area contributed by atoms with Gasteiger partial charge in [-0.3, -0.25) is 19.4 Å². The smallest absolute Gasteiger partial charge is 0.410 e. The summed E-state index contributed by atoms with van der Waals surface area (Å²) in [5.74, 6) is -6.67. The van der Waals surface area contributed by atoms with Crippen LogP contribution in [0.3, 0.4) is 0 Å². The Morgan fingerprint density at radius 1 is 0.889 bits per heavy atom. The summed E-state index contributed by atoms with van der Waals surface area (Å²) in [6, 6.07) is 0. The van der Waals surface area contributed by atoms with Crippen molar-refractivity contribution in [2.75, 3.05) is 71.5 Å². The zero-order valence-electron chi connectivity index (χ0n) is 43.1. The molecular formula is C53H72N6O13. The normalized spacial score (nSPS) is 32.0. The highest BCUT2D eigenvalue weighted by Crippen LogP contribution is 2.51. The van der Waals surface area contributed by atoms with E-state index >= 15 is 0 Å². The van der Waals surface area contributed by atoms with Crippen LogP contribution in [0.2, 0.25) is 0 Å². The zero-order valence-corrected chi connectivity index (χ0v) is 43.1. The van der Waals surface area contributed by atoms with Gasteiger partial charge in [-0.05, 0) is 25.8 Å². The van der Waals surface area contributed by atoms with Crippen LogP contribution < -0.4 is 20.8 Å². The summed E-state index contributed by atoms with van der Waals surface area (Å²) in [6.07, 6.45) is 4.02. The Bertz CT molecular complexity index is 2680. The molecule has 19 heteroatoms. The van der Waals surface area contributed by atoms with Gasteiger partial charge in [-0.25, -0.2) is 9.79 Å². The van der Waals surface area contributed by atoms with Gasteiger partial charge in [0.1, 0.15) is 34.0 Å². The van der Waals surface area contributed by atoms with Gasteiger partial charge in [0.15, 0.2) is 5.75 Å². The third-order valence-corrected chi connectivity index (χ3v) is 15.7. The Hall–Kier alpha value is -5.60. The number of hydrogen-bond donors (Lipinski definition) is 5. The van der Waals surface area contributed by atoms with Gasteiger partial charge in [-0.1, -0.05) is 59.8 Å². The first-order valence-electron chi connectivity index (χ1n) is 25.3. The van der Waals surface area contributed by atoms with Crippen LogP contribution >= 0.6 is 0 Å². The SMILES string of the molecule is CO[C@H]1/C=C/O[C@@]2(C)Oc3c(C)c(O)c4c(O)c(c5c(c4c3C2=O)NC2(CCN(CC(C)C)CC2)N=5)=NC(=O)/C(C)=C\C=C\[C@H](C)[C@H](O)[C@@H](C)[C@@H](O)[C@@H](C)[C@H](OC(=O)N2CCN(C(=O)C3COC3)CC2)[C@@H]1C. The molecular weight excluding hydrogens is 929 g/mol. The molecule has 7 heterocycles. The number of amides is 3. The standard InChI is InChI=1S/C53H72N6O13/c1-27(2)24-57-17-15-53(16-18-57)55-39-36-37-44(62)33(8)47-38(36)48(64)52(9,72-47)70-23-14-35(68-10)30(5)46(71-51(67)59-21-19-58(20-22-59)50(66)34-25-69-26-34)32(7)43(61)31(6)42(60)28(3)12-11-13-29(4)49(65)54-41(45(37)63)40(39)56-53/h11-14,23,27-28,30-32,34-35,42-43,46,55,60-63H,15-22,24-26H2,1-10H3/b12-11+,23-14+,29-13-,54-41?/t28-,30+,31+,32+,35-,42-,43+,46+,52-/m0/s1.